The third-order valence-corrected chi connectivity index (χ3v) is 9.40. The Balaban J connectivity index is 0. The zero-order chi connectivity index (χ0) is 24.4. The second-order valence-corrected chi connectivity index (χ2v) is 16.8. The Labute approximate surface area is 202 Å². The van der Waals surface area contributed by atoms with E-state index in [1.54, 1.807) is 0 Å². The molecule has 180 valence electrons. The number of unbranched alkanes of at least 4 members (excludes halogenated alkanes) is 2. The summed E-state index contributed by atoms with van der Waals surface area (Å²) >= 11 is 0.0389. The monoisotopic (exact) mass is 544 g/mol. The normalized spacial score (nSPS) is 13.7. The van der Waals surface area contributed by atoms with Gasteiger partial charge in [-0.3, -0.25) is 0 Å². The summed E-state index contributed by atoms with van der Waals surface area (Å²) in [6.07, 6.45) is 8.18. The first-order valence-electron chi connectivity index (χ1n) is 12.4. The molecule has 0 aromatic heterocycles. The third-order valence-electron chi connectivity index (χ3n) is 5.60. The molecule has 0 radical (unpaired) electrons. The van der Waals surface area contributed by atoms with E-state index in [0.717, 1.165) is 59.2 Å². The number of rotatable bonds is 16. The number of carbonyl (C=O) groups is 2. The zero-order valence-corrected chi connectivity index (χ0v) is 24.4. The van der Waals surface area contributed by atoms with E-state index in [9.17, 15) is 19.8 Å². The summed E-state index contributed by atoms with van der Waals surface area (Å²) in [5.41, 5.74) is -0.0965. The molecule has 0 aromatic carbocycles. The first kappa shape index (κ1) is 32.7. The molecule has 0 aliphatic heterocycles. The molecule has 4 nitrogen and oxygen atoms in total. The van der Waals surface area contributed by atoms with E-state index in [4.69, 9.17) is 0 Å². The van der Waals surface area contributed by atoms with Crippen molar-refractivity contribution in [3.05, 3.63) is 11.1 Å². The summed E-state index contributed by atoms with van der Waals surface area (Å²) in [6, 6.07) is 0. The topological polar surface area (TPSA) is 80.3 Å². The first-order valence-corrected chi connectivity index (χ1v) is 15.7. The Morgan fingerprint density at radius 2 is 1.00 bits per heavy atom. The van der Waals surface area contributed by atoms with E-state index < -0.39 is 11.9 Å². The van der Waals surface area contributed by atoms with Crippen molar-refractivity contribution >= 4 is 33.1 Å². The molecule has 0 saturated heterocycles. The van der Waals surface area contributed by atoms with E-state index in [0.29, 0.717) is 0 Å². The van der Waals surface area contributed by atoms with E-state index >= 15 is 0 Å². The number of carboxylic acids is 2. The molecule has 0 amide bonds. The van der Waals surface area contributed by atoms with E-state index in [1.165, 1.54) is 0 Å². The maximum absolute atomic E-state index is 11.6. The number of aliphatic carboxylic acids is 2. The fraction of sp³-hybridized carbons (Fsp3) is 0.846. The summed E-state index contributed by atoms with van der Waals surface area (Å²) in [5, 5.41) is 23.2. The fourth-order valence-corrected chi connectivity index (χ4v) is 7.60. The molecule has 0 fully saturated rings. The molecule has 0 aliphatic carbocycles. The van der Waals surface area contributed by atoms with E-state index in [-0.39, 0.29) is 57.0 Å². The van der Waals surface area contributed by atoms with E-state index in [1.807, 2.05) is 13.8 Å². The average Bonchev–Trinajstić information content (AvgIpc) is 2.68. The summed E-state index contributed by atoms with van der Waals surface area (Å²) < 4.78 is 2.09. The minimum absolute atomic E-state index is 0.0389. The van der Waals surface area contributed by atoms with Crippen LogP contribution in [0.25, 0.3) is 0 Å². The van der Waals surface area contributed by atoms with Crippen LogP contribution in [0.3, 0.4) is 0 Å². The van der Waals surface area contributed by atoms with Gasteiger partial charge in [-0.15, -0.1) is 0 Å². The SMILES string of the molecule is CCCCC(CC)C/C(C(=O)[O-])=C(\CC(CC)CCCC)C(=O)[O-].C[CH](C)[Sn+2][CH](C)C. The predicted molar refractivity (Wildman–Crippen MR) is 129 cm³/mol. The van der Waals surface area contributed by atoms with Crippen LogP contribution in [0.5, 0.6) is 0 Å². The van der Waals surface area contributed by atoms with Crippen LogP contribution in [0.2, 0.25) is 7.87 Å². The quantitative estimate of drug-likeness (QED) is 0.194. The summed E-state index contributed by atoms with van der Waals surface area (Å²) in [4.78, 5) is 23.2. The van der Waals surface area contributed by atoms with Crippen LogP contribution in [0.1, 0.15) is 120 Å². The average molecular weight is 543 g/mol. The van der Waals surface area contributed by atoms with Gasteiger partial charge in [0.15, 0.2) is 0 Å². The van der Waals surface area contributed by atoms with Gasteiger partial charge in [0.25, 0.3) is 0 Å². The van der Waals surface area contributed by atoms with Gasteiger partial charge in [-0.1, -0.05) is 79.1 Å². The van der Waals surface area contributed by atoms with Crippen molar-refractivity contribution in [2.24, 2.45) is 11.8 Å². The summed E-state index contributed by atoms with van der Waals surface area (Å²) in [5.74, 6) is -2.34. The van der Waals surface area contributed by atoms with Crippen molar-refractivity contribution < 1.29 is 19.8 Å². The number of carboxylic acid groups (broad SMARTS) is 2. The van der Waals surface area contributed by atoms with Gasteiger partial charge < -0.3 is 19.8 Å². The van der Waals surface area contributed by atoms with Crippen LogP contribution in [0, 0.1) is 11.8 Å². The van der Waals surface area contributed by atoms with Crippen molar-refractivity contribution in [3.63, 3.8) is 0 Å². The van der Waals surface area contributed by atoms with Gasteiger partial charge in [-0.2, -0.15) is 0 Å². The zero-order valence-electron chi connectivity index (χ0n) is 21.5. The molecule has 0 saturated carbocycles. The van der Waals surface area contributed by atoms with Gasteiger partial charge in [0.2, 0.25) is 0 Å². The number of hydrogen-bond acceptors (Lipinski definition) is 4. The standard InChI is InChI=1S/C20H36O4.2C3H7.Sn/c1-5-9-11-15(7-3)13-17(19(21)22)18(20(23)24)14-16(8-4)12-10-6-2;2*1-3-2;/h15-16H,5-14H2,1-4H3,(H,21,22)(H,23,24);2*3H,1-2H3;/q;;;+2/p-2/b18-17-;;;. The Kier molecular flexibility index (Phi) is 21.2. The van der Waals surface area contributed by atoms with Crippen molar-refractivity contribution in [3.8, 4) is 0 Å². The van der Waals surface area contributed by atoms with Crippen molar-refractivity contribution in [1.82, 2.24) is 0 Å². The molecule has 0 aliphatic rings. The second-order valence-electron chi connectivity index (χ2n) is 9.25. The van der Waals surface area contributed by atoms with Crippen LogP contribution in [0.15, 0.2) is 11.1 Å². The van der Waals surface area contributed by atoms with Gasteiger partial charge in [0.05, 0.1) is 11.9 Å². The van der Waals surface area contributed by atoms with Gasteiger partial charge in [-0.25, -0.2) is 0 Å². The summed E-state index contributed by atoms with van der Waals surface area (Å²) in [6.45, 7) is 17.6. The van der Waals surface area contributed by atoms with E-state index in [2.05, 4.69) is 41.5 Å². The molecular weight excluding hydrogens is 495 g/mol. The van der Waals surface area contributed by atoms with Crippen LogP contribution in [-0.4, -0.2) is 33.1 Å². The second kappa shape index (κ2) is 20.1. The van der Waals surface area contributed by atoms with Crippen LogP contribution < -0.4 is 10.2 Å². The Hall–Kier alpha value is -0.521. The Bertz CT molecular complexity index is 468. The van der Waals surface area contributed by atoms with Crippen LogP contribution in [0.4, 0.5) is 0 Å². The molecule has 0 bridgehead atoms. The molecule has 0 rings (SSSR count). The number of hydrogen-bond donors (Lipinski definition) is 0. The summed E-state index contributed by atoms with van der Waals surface area (Å²) in [7, 11) is 0. The molecule has 0 spiro atoms. The molecule has 0 heterocycles. The van der Waals surface area contributed by atoms with Gasteiger partial charge >= 0.3 is 56.7 Å². The molecule has 0 N–H and O–H groups in total. The van der Waals surface area contributed by atoms with Gasteiger partial charge in [0, 0.05) is 0 Å². The molecule has 2 unspecified atom stereocenters. The van der Waals surface area contributed by atoms with Gasteiger partial charge in [0.1, 0.15) is 0 Å². The van der Waals surface area contributed by atoms with Crippen molar-refractivity contribution in [1.29, 1.82) is 0 Å². The molecular formula is C26H48O4Sn. The Morgan fingerprint density at radius 1 is 0.677 bits per heavy atom. The van der Waals surface area contributed by atoms with Crippen molar-refractivity contribution in [2.75, 3.05) is 0 Å². The third kappa shape index (κ3) is 17.7. The first-order chi connectivity index (χ1) is 14.5. The van der Waals surface area contributed by atoms with Crippen LogP contribution >= 0.6 is 0 Å². The molecule has 31 heavy (non-hydrogen) atoms. The van der Waals surface area contributed by atoms with Gasteiger partial charge in [-0.05, 0) is 35.8 Å². The van der Waals surface area contributed by atoms with Crippen LogP contribution in [-0.2, 0) is 9.59 Å². The Morgan fingerprint density at radius 3 is 1.16 bits per heavy atom. The minimum atomic E-state index is -1.35. The molecule has 2 atom stereocenters. The van der Waals surface area contributed by atoms with Crippen molar-refractivity contribution in [2.45, 2.75) is 127 Å². The fourth-order valence-electron chi connectivity index (χ4n) is 3.79. The molecule has 5 heteroatoms. The number of carbonyl (C=O) groups excluding carboxylic acids is 2. The predicted octanol–water partition coefficient (Wildman–Crippen LogP) is 5.34. The maximum atomic E-state index is 11.6. The molecule has 0 aromatic rings.